The lowest BCUT2D eigenvalue weighted by Gasteiger charge is -2.22. The van der Waals surface area contributed by atoms with Crippen LogP contribution in [0.3, 0.4) is 0 Å². The molecule has 222 valence electrons. The van der Waals surface area contributed by atoms with Crippen molar-refractivity contribution in [1.82, 2.24) is 9.97 Å². The van der Waals surface area contributed by atoms with Crippen LogP contribution < -0.4 is 0 Å². The van der Waals surface area contributed by atoms with Crippen LogP contribution in [0.2, 0.25) is 0 Å². The summed E-state index contributed by atoms with van der Waals surface area (Å²) in [6.07, 6.45) is 0. The highest BCUT2D eigenvalue weighted by Crippen LogP contribution is 2.52. The summed E-state index contributed by atoms with van der Waals surface area (Å²) in [6, 6.07) is 56.4. The minimum absolute atomic E-state index is 0.0942. The van der Waals surface area contributed by atoms with Crippen molar-refractivity contribution in [3.63, 3.8) is 0 Å². The number of hydrogen-bond donors (Lipinski definition) is 0. The molecule has 0 radical (unpaired) electrons. The Bertz CT molecular complexity index is 2420. The molecule has 1 heterocycles. The molecule has 0 saturated heterocycles. The molecule has 47 heavy (non-hydrogen) atoms. The minimum Gasteiger partial charge on any atom is -0.228 e. The molecular formula is C45H32N2. The van der Waals surface area contributed by atoms with Crippen LogP contribution in [0.25, 0.3) is 77.7 Å². The van der Waals surface area contributed by atoms with Gasteiger partial charge in [-0.15, -0.1) is 0 Å². The lowest BCUT2D eigenvalue weighted by molar-refractivity contribution is 0.661. The molecule has 0 saturated carbocycles. The Kier molecular flexibility index (Phi) is 6.20. The SMILES string of the molecule is CC1(C)c2cc(-c3ccc(-c4cc(-c5ccccc5)nc(-c5ccccc5)n4)c4ccccc34)ccc2-c2c1ccc1ccccc21. The van der Waals surface area contributed by atoms with Gasteiger partial charge in [0.25, 0.3) is 0 Å². The minimum atomic E-state index is -0.0942. The lowest BCUT2D eigenvalue weighted by atomic mass is 9.81. The summed E-state index contributed by atoms with van der Waals surface area (Å²) in [6.45, 7) is 4.72. The van der Waals surface area contributed by atoms with E-state index in [1.807, 2.05) is 24.3 Å². The van der Waals surface area contributed by atoms with E-state index in [-0.39, 0.29) is 5.41 Å². The predicted molar refractivity (Wildman–Crippen MR) is 196 cm³/mol. The Labute approximate surface area is 275 Å². The van der Waals surface area contributed by atoms with Crippen LogP contribution in [0, 0.1) is 0 Å². The molecule has 7 aromatic carbocycles. The number of fused-ring (bicyclic) bond motifs is 6. The first-order valence-corrected chi connectivity index (χ1v) is 16.3. The summed E-state index contributed by atoms with van der Waals surface area (Å²) in [5.74, 6) is 0.725. The van der Waals surface area contributed by atoms with Crippen molar-refractivity contribution in [2.24, 2.45) is 0 Å². The molecule has 8 aromatic rings. The van der Waals surface area contributed by atoms with Crippen molar-refractivity contribution in [1.29, 1.82) is 0 Å². The summed E-state index contributed by atoms with van der Waals surface area (Å²) in [5, 5.41) is 5.01. The number of benzene rings is 7. The Hall–Kier alpha value is -5.86. The fraction of sp³-hybridized carbons (Fsp3) is 0.0667. The third-order valence-corrected chi connectivity index (χ3v) is 9.90. The van der Waals surface area contributed by atoms with Crippen LogP contribution in [0.5, 0.6) is 0 Å². The average Bonchev–Trinajstić information content (AvgIpc) is 3.37. The molecule has 2 heteroatoms. The largest absolute Gasteiger partial charge is 0.228 e. The molecule has 0 aliphatic heterocycles. The summed E-state index contributed by atoms with van der Waals surface area (Å²) >= 11 is 0. The van der Waals surface area contributed by atoms with Gasteiger partial charge in [-0.05, 0) is 67.1 Å². The topological polar surface area (TPSA) is 25.8 Å². The zero-order valence-corrected chi connectivity index (χ0v) is 26.4. The molecule has 1 aliphatic carbocycles. The van der Waals surface area contributed by atoms with Crippen LogP contribution in [-0.2, 0) is 5.41 Å². The summed E-state index contributed by atoms with van der Waals surface area (Å²) < 4.78 is 0. The fourth-order valence-electron chi connectivity index (χ4n) is 7.51. The molecule has 2 nitrogen and oxygen atoms in total. The van der Waals surface area contributed by atoms with Gasteiger partial charge in [0, 0.05) is 22.1 Å². The van der Waals surface area contributed by atoms with E-state index in [4.69, 9.17) is 9.97 Å². The highest BCUT2D eigenvalue weighted by molar-refractivity contribution is 6.06. The third kappa shape index (κ3) is 4.40. The zero-order valence-electron chi connectivity index (χ0n) is 26.4. The van der Waals surface area contributed by atoms with Gasteiger partial charge in [-0.3, -0.25) is 0 Å². The van der Waals surface area contributed by atoms with Crippen molar-refractivity contribution in [2.45, 2.75) is 19.3 Å². The number of aromatic nitrogens is 2. The maximum Gasteiger partial charge on any atom is 0.160 e. The zero-order chi connectivity index (χ0) is 31.5. The molecule has 0 spiro atoms. The lowest BCUT2D eigenvalue weighted by Crippen LogP contribution is -2.15. The van der Waals surface area contributed by atoms with E-state index in [1.54, 1.807) is 0 Å². The maximum atomic E-state index is 5.15. The quantitative estimate of drug-likeness (QED) is 0.201. The van der Waals surface area contributed by atoms with E-state index in [0.717, 1.165) is 33.9 Å². The molecule has 1 aromatic heterocycles. The van der Waals surface area contributed by atoms with Crippen molar-refractivity contribution in [3.8, 4) is 56.2 Å². The highest BCUT2D eigenvalue weighted by atomic mass is 14.9. The molecule has 0 fully saturated rings. The number of hydrogen-bond acceptors (Lipinski definition) is 2. The molecule has 0 atom stereocenters. The second-order valence-electron chi connectivity index (χ2n) is 13.0. The first-order chi connectivity index (χ1) is 23.1. The maximum absolute atomic E-state index is 5.15. The Morgan fingerprint density at radius 2 is 1.00 bits per heavy atom. The molecule has 0 bridgehead atoms. The van der Waals surface area contributed by atoms with Crippen LogP contribution in [0.1, 0.15) is 25.0 Å². The van der Waals surface area contributed by atoms with Crippen molar-refractivity contribution >= 4 is 21.5 Å². The summed E-state index contributed by atoms with van der Waals surface area (Å²) in [7, 11) is 0. The van der Waals surface area contributed by atoms with Crippen molar-refractivity contribution in [3.05, 3.63) is 169 Å². The molecule has 0 unspecified atom stereocenters. The van der Waals surface area contributed by atoms with E-state index < -0.39 is 0 Å². The van der Waals surface area contributed by atoms with Gasteiger partial charge in [0.05, 0.1) is 11.4 Å². The van der Waals surface area contributed by atoms with Gasteiger partial charge in [-0.25, -0.2) is 9.97 Å². The highest BCUT2D eigenvalue weighted by Gasteiger charge is 2.36. The third-order valence-electron chi connectivity index (χ3n) is 9.90. The van der Waals surface area contributed by atoms with E-state index in [9.17, 15) is 0 Å². The monoisotopic (exact) mass is 600 g/mol. The van der Waals surface area contributed by atoms with Crippen LogP contribution in [0.15, 0.2) is 158 Å². The van der Waals surface area contributed by atoms with Crippen LogP contribution in [-0.4, -0.2) is 9.97 Å². The van der Waals surface area contributed by atoms with E-state index >= 15 is 0 Å². The summed E-state index contributed by atoms with van der Waals surface area (Å²) in [5.41, 5.74) is 12.9. The van der Waals surface area contributed by atoms with Crippen molar-refractivity contribution < 1.29 is 0 Å². The standard InChI is InChI=1S/C45H32N2/c1-45(2)39-26-22-29-13-9-10-18-34(29)43(39)38-23-21-32(27-40(38)45)33-24-25-37(36-20-12-11-19-35(33)36)42-28-41(30-14-5-3-6-15-30)46-44(47-42)31-16-7-4-8-17-31/h3-28H,1-2H3. The fourth-order valence-corrected chi connectivity index (χ4v) is 7.51. The van der Waals surface area contributed by atoms with Gasteiger partial charge in [-0.1, -0.05) is 159 Å². The Morgan fingerprint density at radius 1 is 0.404 bits per heavy atom. The molecule has 9 rings (SSSR count). The van der Waals surface area contributed by atoms with E-state index in [1.165, 1.54) is 54.9 Å². The molecule has 1 aliphatic rings. The summed E-state index contributed by atoms with van der Waals surface area (Å²) in [4.78, 5) is 10.2. The molecule has 0 amide bonds. The van der Waals surface area contributed by atoms with Gasteiger partial charge < -0.3 is 0 Å². The average molecular weight is 601 g/mol. The smallest absolute Gasteiger partial charge is 0.160 e. The molecular weight excluding hydrogens is 569 g/mol. The number of rotatable bonds is 4. The first kappa shape index (κ1) is 27.5. The normalized spacial score (nSPS) is 13.1. The van der Waals surface area contributed by atoms with Crippen molar-refractivity contribution in [2.75, 3.05) is 0 Å². The van der Waals surface area contributed by atoms with E-state index in [0.29, 0.717) is 0 Å². The van der Waals surface area contributed by atoms with Gasteiger partial charge in [0.1, 0.15) is 0 Å². The predicted octanol–water partition coefficient (Wildman–Crippen LogP) is 11.8. The van der Waals surface area contributed by atoms with Crippen LogP contribution >= 0.6 is 0 Å². The van der Waals surface area contributed by atoms with Gasteiger partial charge >= 0.3 is 0 Å². The second-order valence-corrected chi connectivity index (χ2v) is 13.0. The van der Waals surface area contributed by atoms with Gasteiger partial charge in [-0.2, -0.15) is 0 Å². The number of nitrogens with zero attached hydrogens (tertiary/aromatic N) is 2. The second kappa shape index (κ2) is 10.6. The Balaban J connectivity index is 1.21. The molecule has 0 N–H and O–H groups in total. The van der Waals surface area contributed by atoms with Gasteiger partial charge in [0.15, 0.2) is 5.82 Å². The van der Waals surface area contributed by atoms with Gasteiger partial charge in [0.2, 0.25) is 0 Å². The first-order valence-electron chi connectivity index (χ1n) is 16.3. The van der Waals surface area contributed by atoms with E-state index in [2.05, 4.69) is 147 Å². The van der Waals surface area contributed by atoms with Crippen LogP contribution in [0.4, 0.5) is 0 Å². The Morgan fingerprint density at radius 3 is 1.77 bits per heavy atom.